The Hall–Kier alpha value is -1.53. The van der Waals surface area contributed by atoms with Crippen LogP contribution in [0.4, 0.5) is 8.78 Å². The first kappa shape index (κ1) is 13.5. The Bertz CT molecular complexity index is 360. The number of nitrogens with one attached hydrogen (secondary N) is 1. The number of amides is 1. The third-order valence-electron chi connectivity index (χ3n) is 2.22. The van der Waals surface area contributed by atoms with Crippen molar-refractivity contribution in [2.24, 2.45) is 5.73 Å². The maximum absolute atomic E-state index is 12.0. The Morgan fingerprint density at radius 1 is 1.35 bits per heavy atom. The van der Waals surface area contributed by atoms with E-state index in [1.165, 1.54) is 0 Å². The highest BCUT2D eigenvalue weighted by atomic mass is 19.3. The van der Waals surface area contributed by atoms with E-state index in [0.717, 1.165) is 0 Å². The minimum Gasteiger partial charge on any atom is -0.385 e. The predicted molar refractivity (Wildman–Crippen MR) is 58.4 cm³/mol. The van der Waals surface area contributed by atoms with Crippen molar-refractivity contribution in [1.82, 2.24) is 5.32 Å². The summed E-state index contributed by atoms with van der Waals surface area (Å²) in [4.78, 5) is 11.5. The van der Waals surface area contributed by atoms with Gasteiger partial charge in [-0.1, -0.05) is 30.3 Å². The van der Waals surface area contributed by atoms with Gasteiger partial charge in [-0.15, -0.1) is 0 Å². The molecule has 1 rings (SSSR count). The first-order chi connectivity index (χ1) is 8.02. The van der Waals surface area contributed by atoms with Crippen LogP contribution in [0.5, 0.6) is 0 Å². The lowest BCUT2D eigenvalue weighted by Gasteiger charge is -2.14. The van der Waals surface area contributed by atoms with Crippen molar-refractivity contribution >= 4 is 5.91 Å². The lowest BCUT2D eigenvalue weighted by atomic mass is 10.1. The van der Waals surface area contributed by atoms with Gasteiger partial charge in [0, 0.05) is 6.54 Å². The molecule has 1 aromatic rings. The van der Waals surface area contributed by atoms with Crippen LogP contribution in [0.15, 0.2) is 30.3 Å². The molecule has 4 N–H and O–H groups in total. The molecule has 0 aliphatic carbocycles. The van der Waals surface area contributed by atoms with E-state index >= 15 is 0 Å². The zero-order valence-corrected chi connectivity index (χ0v) is 9.01. The zero-order valence-electron chi connectivity index (χ0n) is 9.01. The first-order valence-corrected chi connectivity index (χ1v) is 5.07. The van der Waals surface area contributed by atoms with E-state index in [1.807, 2.05) is 0 Å². The molecule has 0 saturated carbocycles. The average molecular weight is 244 g/mol. The van der Waals surface area contributed by atoms with E-state index in [4.69, 9.17) is 10.8 Å². The van der Waals surface area contributed by atoms with Crippen molar-refractivity contribution in [3.63, 3.8) is 0 Å². The number of aliphatic hydroxyl groups is 1. The van der Waals surface area contributed by atoms with Gasteiger partial charge in [0.05, 0.1) is 0 Å². The Morgan fingerprint density at radius 2 is 1.94 bits per heavy atom. The second kappa shape index (κ2) is 6.27. The normalized spacial score (nSPS) is 14.4. The number of aliphatic hydroxyl groups excluding tert-OH is 1. The van der Waals surface area contributed by atoms with Gasteiger partial charge < -0.3 is 16.2 Å². The number of carbonyl (C=O) groups excluding carboxylic acids is 1. The highest BCUT2D eigenvalue weighted by Gasteiger charge is 2.20. The minimum atomic E-state index is -2.89. The molecule has 0 radical (unpaired) electrons. The van der Waals surface area contributed by atoms with Gasteiger partial charge in [0.25, 0.3) is 6.43 Å². The monoisotopic (exact) mass is 244 g/mol. The molecule has 2 atom stereocenters. The molecule has 17 heavy (non-hydrogen) atoms. The molecule has 0 aliphatic heterocycles. The lowest BCUT2D eigenvalue weighted by Crippen LogP contribution is -2.40. The molecule has 0 bridgehead atoms. The Balaban J connectivity index is 2.48. The first-order valence-electron chi connectivity index (χ1n) is 5.07. The van der Waals surface area contributed by atoms with E-state index in [-0.39, 0.29) is 0 Å². The van der Waals surface area contributed by atoms with E-state index in [9.17, 15) is 13.6 Å². The number of benzene rings is 1. The minimum absolute atomic E-state index is 0.517. The fourth-order valence-corrected chi connectivity index (χ4v) is 1.22. The maximum Gasteiger partial charge on any atom is 0.265 e. The molecule has 94 valence electrons. The van der Waals surface area contributed by atoms with Gasteiger partial charge in [-0.25, -0.2) is 8.78 Å². The summed E-state index contributed by atoms with van der Waals surface area (Å²) in [7, 11) is 0. The summed E-state index contributed by atoms with van der Waals surface area (Å²) in [6.07, 6.45) is -4.76. The number of hydrogen-bond donors (Lipinski definition) is 3. The van der Waals surface area contributed by atoms with Crippen LogP contribution in [-0.2, 0) is 4.79 Å². The second-order valence-corrected chi connectivity index (χ2v) is 3.54. The molecule has 0 heterocycles. The van der Waals surface area contributed by atoms with Crippen LogP contribution >= 0.6 is 0 Å². The average Bonchev–Trinajstić information content (AvgIpc) is 2.35. The Kier molecular flexibility index (Phi) is 4.99. The highest BCUT2D eigenvalue weighted by molar-refractivity contribution is 5.82. The van der Waals surface area contributed by atoms with Crippen LogP contribution in [0.25, 0.3) is 0 Å². The third-order valence-corrected chi connectivity index (χ3v) is 2.22. The summed E-state index contributed by atoms with van der Waals surface area (Å²) in [5.74, 6) is -0.601. The number of rotatable bonds is 5. The van der Waals surface area contributed by atoms with E-state index < -0.39 is 31.0 Å². The summed E-state index contributed by atoms with van der Waals surface area (Å²) in [5, 5.41) is 11.0. The number of nitrogens with two attached hydrogens (primary N) is 1. The molecular weight excluding hydrogens is 230 g/mol. The van der Waals surface area contributed by atoms with Crippen molar-refractivity contribution in [2.45, 2.75) is 18.6 Å². The van der Waals surface area contributed by atoms with Gasteiger partial charge in [-0.2, -0.15) is 0 Å². The zero-order chi connectivity index (χ0) is 12.8. The van der Waals surface area contributed by atoms with Crippen LogP contribution in [-0.4, -0.2) is 30.1 Å². The smallest absolute Gasteiger partial charge is 0.265 e. The number of halogens is 2. The van der Waals surface area contributed by atoms with Crippen LogP contribution < -0.4 is 11.1 Å². The number of hydrogen-bond acceptors (Lipinski definition) is 3. The Morgan fingerprint density at radius 3 is 2.47 bits per heavy atom. The molecule has 0 aromatic heterocycles. The van der Waals surface area contributed by atoms with E-state index in [0.29, 0.717) is 5.56 Å². The van der Waals surface area contributed by atoms with E-state index in [2.05, 4.69) is 5.32 Å². The molecule has 0 aliphatic rings. The Labute approximate surface area is 97.4 Å². The standard InChI is InChI=1S/C11H14F2N2O2/c12-10(13)8(16)6-15-11(17)9(14)7-4-2-1-3-5-7/h1-5,8-10,16H,6,14H2,(H,15,17). The van der Waals surface area contributed by atoms with Gasteiger partial charge >= 0.3 is 0 Å². The van der Waals surface area contributed by atoms with Gasteiger partial charge in [0.1, 0.15) is 12.1 Å². The number of alkyl halides is 2. The van der Waals surface area contributed by atoms with Crippen LogP contribution in [0.3, 0.4) is 0 Å². The molecule has 0 spiro atoms. The van der Waals surface area contributed by atoms with Crippen molar-refractivity contribution in [3.8, 4) is 0 Å². The molecule has 2 unspecified atom stereocenters. The topological polar surface area (TPSA) is 75.4 Å². The molecule has 0 saturated heterocycles. The van der Waals surface area contributed by atoms with E-state index in [1.54, 1.807) is 30.3 Å². The maximum atomic E-state index is 12.0. The van der Waals surface area contributed by atoms with Crippen molar-refractivity contribution in [2.75, 3.05) is 6.54 Å². The largest absolute Gasteiger partial charge is 0.385 e. The van der Waals surface area contributed by atoms with Gasteiger partial charge in [-0.05, 0) is 5.56 Å². The van der Waals surface area contributed by atoms with Gasteiger partial charge in [0.15, 0.2) is 0 Å². The molecule has 4 nitrogen and oxygen atoms in total. The molecule has 1 aromatic carbocycles. The molecule has 0 fully saturated rings. The molecule has 6 heteroatoms. The van der Waals surface area contributed by atoms with Crippen LogP contribution in [0.2, 0.25) is 0 Å². The third kappa shape index (κ3) is 4.08. The quantitative estimate of drug-likeness (QED) is 0.703. The second-order valence-electron chi connectivity index (χ2n) is 3.54. The van der Waals surface area contributed by atoms with Crippen molar-refractivity contribution in [1.29, 1.82) is 0 Å². The molecule has 1 amide bonds. The fraction of sp³-hybridized carbons (Fsp3) is 0.364. The molecular formula is C11H14F2N2O2. The summed E-state index contributed by atoms with van der Waals surface area (Å²) >= 11 is 0. The fourth-order valence-electron chi connectivity index (χ4n) is 1.22. The summed E-state index contributed by atoms with van der Waals surface area (Å²) in [6.45, 7) is -0.517. The SMILES string of the molecule is NC(C(=O)NCC(O)C(F)F)c1ccccc1. The number of carbonyl (C=O) groups is 1. The van der Waals surface area contributed by atoms with Crippen LogP contribution in [0.1, 0.15) is 11.6 Å². The van der Waals surface area contributed by atoms with Gasteiger partial charge in [0.2, 0.25) is 5.91 Å². The van der Waals surface area contributed by atoms with Crippen molar-refractivity contribution in [3.05, 3.63) is 35.9 Å². The predicted octanol–water partition coefficient (Wildman–Crippen LogP) is 0.429. The van der Waals surface area contributed by atoms with Gasteiger partial charge in [-0.3, -0.25) is 4.79 Å². The lowest BCUT2D eigenvalue weighted by molar-refractivity contribution is -0.123. The van der Waals surface area contributed by atoms with Crippen LogP contribution in [0, 0.1) is 0 Å². The highest BCUT2D eigenvalue weighted by Crippen LogP contribution is 2.09. The summed E-state index contributed by atoms with van der Waals surface area (Å²) in [6, 6.07) is 7.60. The van der Waals surface area contributed by atoms with Crippen molar-refractivity contribution < 1.29 is 18.7 Å². The summed E-state index contributed by atoms with van der Waals surface area (Å²) < 4.78 is 23.9. The summed E-state index contributed by atoms with van der Waals surface area (Å²) in [5.41, 5.74) is 6.20.